The van der Waals surface area contributed by atoms with Crippen molar-refractivity contribution in [1.29, 1.82) is 0 Å². The number of carbonyl (C=O) groups excluding carboxylic acids is 1. The molecule has 76 valence electrons. The number of nitrogens with one attached hydrogen (secondary N) is 1. The first kappa shape index (κ1) is 10.8. The first-order valence-electron chi connectivity index (χ1n) is 3.44. The number of hydrogen-bond acceptors (Lipinski definition) is 2. The van der Waals surface area contributed by atoms with E-state index in [1.165, 1.54) is 0 Å². The van der Waals surface area contributed by atoms with Crippen molar-refractivity contribution in [2.75, 3.05) is 0 Å². The predicted molar refractivity (Wildman–Crippen MR) is 48.2 cm³/mol. The van der Waals surface area contributed by atoms with Gasteiger partial charge in [0.25, 0.3) is 17.9 Å². The van der Waals surface area contributed by atoms with Crippen LogP contribution in [0.4, 0.5) is 8.78 Å². The molecule has 0 aromatic carbocycles. The standard InChI is InChI=1S/C7H5BrF2N2O2/c8-2-1-3(6(11)13)12-7(14)4(2)5(9)10/h1,5H,(H2,11,13)(H,12,14). The third-order valence-corrected chi connectivity index (χ3v) is 2.16. The summed E-state index contributed by atoms with van der Waals surface area (Å²) < 4.78 is 24.4. The van der Waals surface area contributed by atoms with Crippen molar-refractivity contribution in [3.63, 3.8) is 0 Å². The second-order valence-electron chi connectivity index (χ2n) is 2.44. The normalized spacial score (nSPS) is 10.6. The average molecular weight is 267 g/mol. The molecule has 1 amide bonds. The molecule has 0 spiro atoms. The highest BCUT2D eigenvalue weighted by atomic mass is 79.9. The zero-order chi connectivity index (χ0) is 10.9. The lowest BCUT2D eigenvalue weighted by Gasteiger charge is -2.03. The quantitative estimate of drug-likeness (QED) is 0.843. The van der Waals surface area contributed by atoms with Crippen LogP contribution in [0.1, 0.15) is 22.5 Å². The third-order valence-electron chi connectivity index (χ3n) is 1.50. The molecule has 0 unspecified atom stereocenters. The van der Waals surface area contributed by atoms with Crippen molar-refractivity contribution in [2.45, 2.75) is 6.43 Å². The summed E-state index contributed by atoms with van der Waals surface area (Å²) in [4.78, 5) is 23.6. The number of amides is 1. The first-order chi connectivity index (χ1) is 6.43. The van der Waals surface area contributed by atoms with Gasteiger partial charge in [0.2, 0.25) is 0 Å². The average Bonchev–Trinajstić information content (AvgIpc) is 2.01. The summed E-state index contributed by atoms with van der Waals surface area (Å²) in [6, 6.07) is 1.05. The van der Waals surface area contributed by atoms with E-state index in [0.717, 1.165) is 6.07 Å². The SMILES string of the molecule is NC(=O)c1cc(Br)c(C(F)F)c(=O)[nH]1. The van der Waals surface area contributed by atoms with Crippen LogP contribution < -0.4 is 11.3 Å². The molecule has 1 heterocycles. The Balaban J connectivity index is 3.40. The molecule has 0 atom stereocenters. The molecule has 0 aliphatic heterocycles. The number of rotatable bonds is 2. The highest BCUT2D eigenvalue weighted by molar-refractivity contribution is 9.10. The Morgan fingerprint density at radius 2 is 2.14 bits per heavy atom. The molecule has 0 aliphatic rings. The number of pyridine rings is 1. The fraction of sp³-hybridized carbons (Fsp3) is 0.143. The van der Waals surface area contributed by atoms with Gasteiger partial charge in [-0.15, -0.1) is 0 Å². The number of carbonyl (C=O) groups is 1. The summed E-state index contributed by atoms with van der Waals surface area (Å²) in [5.41, 5.74) is 2.91. The summed E-state index contributed by atoms with van der Waals surface area (Å²) in [7, 11) is 0. The molecule has 1 aromatic rings. The summed E-state index contributed by atoms with van der Waals surface area (Å²) >= 11 is 2.76. The van der Waals surface area contributed by atoms with Gasteiger partial charge >= 0.3 is 0 Å². The van der Waals surface area contributed by atoms with Crippen LogP contribution in [0.3, 0.4) is 0 Å². The molecule has 0 saturated heterocycles. The fourth-order valence-corrected chi connectivity index (χ4v) is 1.46. The summed E-state index contributed by atoms with van der Waals surface area (Å²) in [6.45, 7) is 0. The molecule has 0 saturated carbocycles. The third kappa shape index (κ3) is 1.98. The van der Waals surface area contributed by atoms with Gasteiger partial charge in [-0.25, -0.2) is 8.78 Å². The lowest BCUT2D eigenvalue weighted by atomic mass is 10.2. The fourth-order valence-electron chi connectivity index (χ4n) is 0.875. The van der Waals surface area contributed by atoms with Crippen molar-refractivity contribution in [3.05, 3.63) is 32.2 Å². The summed E-state index contributed by atoms with van der Waals surface area (Å²) in [5.74, 6) is -0.886. The molecule has 14 heavy (non-hydrogen) atoms. The lowest BCUT2D eigenvalue weighted by molar-refractivity contribution is 0.0994. The molecule has 3 N–H and O–H groups in total. The van der Waals surface area contributed by atoms with Gasteiger partial charge in [0.1, 0.15) is 5.69 Å². The molecule has 0 fully saturated rings. The minimum absolute atomic E-state index is 0.134. The highest BCUT2D eigenvalue weighted by Gasteiger charge is 2.18. The van der Waals surface area contributed by atoms with Gasteiger partial charge in [-0.2, -0.15) is 0 Å². The van der Waals surface area contributed by atoms with Gasteiger partial charge in [0.15, 0.2) is 0 Å². The smallest absolute Gasteiger partial charge is 0.270 e. The zero-order valence-electron chi connectivity index (χ0n) is 6.68. The molecule has 0 bridgehead atoms. The largest absolute Gasteiger partial charge is 0.364 e. The van der Waals surface area contributed by atoms with Gasteiger partial charge in [0, 0.05) is 4.47 Å². The van der Waals surface area contributed by atoms with E-state index >= 15 is 0 Å². The van der Waals surface area contributed by atoms with Crippen LogP contribution in [0.5, 0.6) is 0 Å². The maximum absolute atomic E-state index is 12.3. The number of H-pyrrole nitrogens is 1. The molecule has 0 radical (unpaired) electrons. The molecule has 1 rings (SSSR count). The Morgan fingerprint density at radius 1 is 1.57 bits per heavy atom. The van der Waals surface area contributed by atoms with Crippen molar-refractivity contribution >= 4 is 21.8 Å². The molecule has 1 aromatic heterocycles. The number of halogens is 3. The number of nitrogens with two attached hydrogens (primary N) is 1. The van der Waals surface area contributed by atoms with Crippen LogP contribution in [-0.2, 0) is 0 Å². The van der Waals surface area contributed by atoms with E-state index in [-0.39, 0.29) is 10.2 Å². The Hall–Kier alpha value is -1.24. The van der Waals surface area contributed by atoms with Crippen molar-refractivity contribution in [1.82, 2.24) is 4.98 Å². The predicted octanol–water partition coefficient (Wildman–Crippen LogP) is 1.17. The van der Waals surface area contributed by atoms with E-state index in [0.29, 0.717) is 0 Å². The first-order valence-corrected chi connectivity index (χ1v) is 4.23. The minimum Gasteiger partial charge on any atom is -0.364 e. The number of alkyl halides is 2. The van der Waals surface area contributed by atoms with E-state index in [2.05, 4.69) is 15.9 Å². The van der Waals surface area contributed by atoms with Crippen molar-refractivity contribution in [3.8, 4) is 0 Å². The van der Waals surface area contributed by atoms with Crippen LogP contribution in [0.15, 0.2) is 15.3 Å². The minimum atomic E-state index is -2.91. The lowest BCUT2D eigenvalue weighted by Crippen LogP contribution is -2.22. The molecular weight excluding hydrogens is 262 g/mol. The number of primary amides is 1. The van der Waals surface area contributed by atoms with Gasteiger partial charge in [-0.3, -0.25) is 9.59 Å². The van der Waals surface area contributed by atoms with Crippen molar-refractivity contribution in [2.24, 2.45) is 5.73 Å². The van der Waals surface area contributed by atoms with E-state index in [1.807, 2.05) is 4.98 Å². The molecule has 4 nitrogen and oxygen atoms in total. The molecular formula is C7H5BrF2N2O2. The van der Waals surface area contributed by atoms with E-state index < -0.39 is 23.5 Å². The number of aromatic nitrogens is 1. The Morgan fingerprint density at radius 3 is 2.50 bits per heavy atom. The second-order valence-corrected chi connectivity index (χ2v) is 3.29. The Labute approximate surface area is 85.2 Å². The van der Waals surface area contributed by atoms with Gasteiger partial charge < -0.3 is 10.7 Å². The topological polar surface area (TPSA) is 76.0 Å². The van der Waals surface area contributed by atoms with E-state index in [4.69, 9.17) is 5.73 Å². The van der Waals surface area contributed by atoms with Crippen LogP contribution >= 0.6 is 15.9 Å². The van der Waals surface area contributed by atoms with Crippen LogP contribution in [0, 0.1) is 0 Å². The van der Waals surface area contributed by atoms with Gasteiger partial charge in [-0.05, 0) is 6.07 Å². The molecule has 7 heteroatoms. The maximum atomic E-state index is 12.3. The summed E-state index contributed by atoms with van der Waals surface area (Å²) in [5, 5.41) is 0. The van der Waals surface area contributed by atoms with Crippen molar-refractivity contribution < 1.29 is 13.6 Å². The Bertz CT molecular complexity index is 430. The Kier molecular flexibility index (Phi) is 3.00. The zero-order valence-corrected chi connectivity index (χ0v) is 8.27. The monoisotopic (exact) mass is 266 g/mol. The van der Waals surface area contributed by atoms with Crippen LogP contribution in [-0.4, -0.2) is 10.9 Å². The van der Waals surface area contributed by atoms with Gasteiger partial charge in [0.05, 0.1) is 5.56 Å². The maximum Gasteiger partial charge on any atom is 0.270 e. The highest BCUT2D eigenvalue weighted by Crippen LogP contribution is 2.23. The van der Waals surface area contributed by atoms with E-state index in [9.17, 15) is 18.4 Å². The van der Waals surface area contributed by atoms with Gasteiger partial charge in [-0.1, -0.05) is 15.9 Å². The number of hydrogen-bond donors (Lipinski definition) is 2. The molecule has 0 aliphatic carbocycles. The number of aromatic amines is 1. The summed E-state index contributed by atoms with van der Waals surface area (Å²) in [6.07, 6.45) is -2.91. The van der Waals surface area contributed by atoms with Crippen LogP contribution in [0.25, 0.3) is 0 Å². The second kappa shape index (κ2) is 3.87. The van der Waals surface area contributed by atoms with Crippen LogP contribution in [0.2, 0.25) is 0 Å². The van der Waals surface area contributed by atoms with E-state index in [1.54, 1.807) is 0 Å².